The molecule has 0 unspecified atom stereocenters. The van der Waals surface area contributed by atoms with Gasteiger partial charge in [0.2, 0.25) is 0 Å². The van der Waals surface area contributed by atoms with E-state index in [0.717, 1.165) is 57.8 Å². The van der Waals surface area contributed by atoms with Crippen LogP contribution in [-0.4, -0.2) is 34.1 Å². The van der Waals surface area contributed by atoms with Crippen molar-refractivity contribution in [2.75, 3.05) is 0 Å². The first kappa shape index (κ1) is 22.8. The Morgan fingerprint density at radius 2 is 1.44 bits per heavy atom. The van der Waals surface area contributed by atoms with E-state index in [2.05, 4.69) is 11.8 Å². The van der Waals surface area contributed by atoms with E-state index < -0.39 is 0 Å². The van der Waals surface area contributed by atoms with Crippen molar-refractivity contribution >= 4 is 17.7 Å². The van der Waals surface area contributed by atoms with Crippen LogP contribution >= 0.6 is 0 Å². The molecule has 5 rings (SSSR count). The van der Waals surface area contributed by atoms with Gasteiger partial charge in [-0.05, 0) is 50.3 Å². The largest absolute Gasteiger partial charge is 0.415 e. The molecule has 34 heavy (non-hydrogen) atoms. The highest BCUT2D eigenvalue weighted by Crippen LogP contribution is 2.41. The van der Waals surface area contributed by atoms with Crippen molar-refractivity contribution in [3.05, 3.63) is 64.7 Å². The molecule has 0 radical (unpaired) electrons. The first-order valence-corrected chi connectivity index (χ1v) is 12.9. The molecule has 2 fully saturated rings. The minimum absolute atomic E-state index is 0.156. The number of hydrogen-bond acceptors (Lipinski definition) is 4. The molecule has 0 aliphatic heterocycles. The highest BCUT2D eigenvalue weighted by atomic mass is 16.6. The lowest BCUT2D eigenvalue weighted by Gasteiger charge is -2.50. The molecule has 178 valence electrons. The van der Waals surface area contributed by atoms with Gasteiger partial charge < -0.3 is 4.74 Å². The van der Waals surface area contributed by atoms with Gasteiger partial charge in [-0.15, -0.1) is 0 Å². The summed E-state index contributed by atoms with van der Waals surface area (Å²) in [6, 6.07) is 11.9. The number of benzene rings is 2. The first-order chi connectivity index (χ1) is 16.5. The van der Waals surface area contributed by atoms with Crippen molar-refractivity contribution in [3.63, 3.8) is 0 Å². The minimum Gasteiger partial charge on any atom is -0.410 e. The van der Waals surface area contributed by atoms with Crippen molar-refractivity contribution in [2.45, 2.75) is 89.1 Å². The summed E-state index contributed by atoms with van der Waals surface area (Å²) in [5.41, 5.74) is 1.34. The zero-order valence-corrected chi connectivity index (χ0v) is 20.0. The summed E-state index contributed by atoms with van der Waals surface area (Å²) in [6.07, 6.45) is 11.7. The van der Waals surface area contributed by atoms with Gasteiger partial charge in [-0.3, -0.25) is 14.5 Å². The van der Waals surface area contributed by atoms with Crippen molar-refractivity contribution in [1.29, 1.82) is 0 Å². The molecule has 0 heterocycles. The third kappa shape index (κ3) is 3.95. The first-order valence-electron chi connectivity index (χ1n) is 12.9. The zero-order chi connectivity index (χ0) is 23.7. The number of ketones is 2. The van der Waals surface area contributed by atoms with Crippen LogP contribution in [-0.2, 0) is 0 Å². The lowest BCUT2D eigenvalue weighted by atomic mass is 9.76. The summed E-state index contributed by atoms with van der Waals surface area (Å²) in [7, 11) is 0. The molecule has 5 nitrogen and oxygen atoms in total. The fraction of sp³-hybridized carbons (Fsp3) is 0.483. The number of nitrogens with zero attached hydrogens (tertiary/aromatic N) is 1. The van der Waals surface area contributed by atoms with Crippen molar-refractivity contribution in [2.24, 2.45) is 0 Å². The molecule has 3 aliphatic rings. The maximum atomic E-state index is 13.7. The van der Waals surface area contributed by atoms with Gasteiger partial charge in [0.15, 0.2) is 11.6 Å². The fourth-order valence-corrected chi connectivity index (χ4v) is 6.34. The molecule has 0 aromatic heterocycles. The Balaban J connectivity index is 1.45. The van der Waals surface area contributed by atoms with Crippen LogP contribution in [0.25, 0.3) is 0 Å². The number of carbonyl (C=O) groups is 3. The van der Waals surface area contributed by atoms with Crippen LogP contribution in [0.2, 0.25) is 0 Å². The molecular formula is C29H33NO4. The number of fused-ring (bicyclic) bond motifs is 2. The molecule has 0 bridgehead atoms. The van der Waals surface area contributed by atoms with Crippen molar-refractivity contribution < 1.29 is 19.1 Å². The predicted molar refractivity (Wildman–Crippen MR) is 131 cm³/mol. The number of rotatable bonds is 4. The average molecular weight is 460 g/mol. The van der Waals surface area contributed by atoms with Crippen molar-refractivity contribution in [1.82, 2.24) is 4.90 Å². The highest BCUT2D eigenvalue weighted by molar-refractivity contribution is 6.28. The maximum absolute atomic E-state index is 13.7. The minimum atomic E-state index is -0.314. The van der Waals surface area contributed by atoms with E-state index in [4.69, 9.17) is 4.74 Å². The maximum Gasteiger partial charge on any atom is 0.415 e. The molecule has 0 saturated heterocycles. The monoisotopic (exact) mass is 459 g/mol. The van der Waals surface area contributed by atoms with E-state index in [1.54, 1.807) is 42.5 Å². The quantitative estimate of drug-likeness (QED) is 0.435. The fourth-order valence-electron chi connectivity index (χ4n) is 6.34. The van der Waals surface area contributed by atoms with Gasteiger partial charge in [-0.25, -0.2) is 4.79 Å². The Morgan fingerprint density at radius 1 is 0.853 bits per heavy atom. The van der Waals surface area contributed by atoms with Crippen LogP contribution in [0.5, 0.6) is 5.75 Å². The molecule has 3 aliphatic carbocycles. The van der Waals surface area contributed by atoms with Crippen LogP contribution in [0.1, 0.15) is 109 Å². The molecule has 0 spiro atoms. The summed E-state index contributed by atoms with van der Waals surface area (Å²) in [5, 5.41) is 0. The zero-order valence-electron chi connectivity index (χ0n) is 20.0. The van der Waals surface area contributed by atoms with E-state index >= 15 is 0 Å². The van der Waals surface area contributed by atoms with Gasteiger partial charge >= 0.3 is 6.09 Å². The van der Waals surface area contributed by atoms with Gasteiger partial charge in [0.05, 0.1) is 0 Å². The Bertz CT molecular complexity index is 1110. The second-order valence-electron chi connectivity index (χ2n) is 10.1. The molecule has 2 saturated carbocycles. The lowest BCUT2D eigenvalue weighted by Crippen LogP contribution is -2.58. The Hall–Kier alpha value is -2.95. The van der Waals surface area contributed by atoms with E-state index in [0.29, 0.717) is 28.0 Å². The number of carbonyl (C=O) groups excluding carboxylic acids is 3. The third-order valence-corrected chi connectivity index (χ3v) is 8.19. The Labute approximate surface area is 201 Å². The van der Waals surface area contributed by atoms with E-state index in [9.17, 15) is 14.4 Å². The van der Waals surface area contributed by atoms with Gasteiger partial charge in [0, 0.05) is 33.8 Å². The summed E-state index contributed by atoms with van der Waals surface area (Å²) in [4.78, 5) is 41.9. The molecule has 2 aromatic rings. The summed E-state index contributed by atoms with van der Waals surface area (Å²) in [5.74, 6) is -0.0456. The van der Waals surface area contributed by atoms with Crippen LogP contribution in [0, 0.1) is 0 Å². The summed E-state index contributed by atoms with van der Waals surface area (Å²) >= 11 is 0. The van der Waals surface area contributed by atoms with Crippen LogP contribution in [0.4, 0.5) is 4.79 Å². The number of hydrogen-bond donors (Lipinski definition) is 0. The summed E-state index contributed by atoms with van der Waals surface area (Å²) in [6.45, 7) is 2.19. The molecule has 0 atom stereocenters. The Morgan fingerprint density at radius 3 is 2.09 bits per heavy atom. The van der Waals surface area contributed by atoms with E-state index in [-0.39, 0.29) is 29.2 Å². The predicted octanol–water partition coefficient (Wildman–Crippen LogP) is 6.71. The van der Waals surface area contributed by atoms with E-state index in [1.165, 1.54) is 12.8 Å². The lowest BCUT2D eigenvalue weighted by molar-refractivity contribution is 0.0109. The van der Waals surface area contributed by atoms with Crippen molar-refractivity contribution in [3.8, 4) is 5.75 Å². The normalized spacial score (nSPS) is 19.8. The van der Waals surface area contributed by atoms with Gasteiger partial charge in [-0.2, -0.15) is 0 Å². The molecule has 5 heteroatoms. The Kier molecular flexibility index (Phi) is 6.28. The van der Waals surface area contributed by atoms with Crippen LogP contribution in [0.15, 0.2) is 42.5 Å². The van der Waals surface area contributed by atoms with E-state index in [1.807, 2.05) is 0 Å². The van der Waals surface area contributed by atoms with Gasteiger partial charge in [0.1, 0.15) is 5.75 Å². The SMILES string of the molecule is CCC1(N(C(=O)Oc2ccc3c(c2)C(=O)c2ccccc2C3=O)C2CCCCC2)CCCCC1. The summed E-state index contributed by atoms with van der Waals surface area (Å²) < 4.78 is 5.97. The second kappa shape index (κ2) is 9.36. The van der Waals surface area contributed by atoms with Gasteiger partial charge in [0.25, 0.3) is 0 Å². The molecule has 2 aromatic carbocycles. The topological polar surface area (TPSA) is 63.7 Å². The third-order valence-electron chi connectivity index (χ3n) is 8.19. The second-order valence-corrected chi connectivity index (χ2v) is 10.1. The van der Waals surface area contributed by atoms with Crippen LogP contribution in [0.3, 0.4) is 0 Å². The number of ether oxygens (including phenoxy) is 1. The highest BCUT2D eigenvalue weighted by Gasteiger charge is 2.44. The molecule has 0 N–H and O–H groups in total. The molecule has 1 amide bonds. The van der Waals surface area contributed by atoms with Crippen LogP contribution < -0.4 is 4.74 Å². The van der Waals surface area contributed by atoms with Gasteiger partial charge in [-0.1, -0.05) is 69.7 Å². The number of amides is 1. The smallest absolute Gasteiger partial charge is 0.410 e. The average Bonchev–Trinajstić information content (AvgIpc) is 2.88. The standard InChI is InChI=1S/C29H33NO4/c1-2-29(17-9-4-10-18-29)30(20-11-5-3-6-12-20)28(33)34-21-15-16-24-25(19-21)27(32)23-14-8-7-13-22(23)26(24)31/h7-8,13-16,19-20H,2-6,9-12,17-18H2,1H3. The molecular weight excluding hydrogens is 426 g/mol.